The number of carboxylic acids is 1. The van der Waals surface area contributed by atoms with Crippen molar-refractivity contribution in [3.63, 3.8) is 0 Å². The molecule has 7 nitrogen and oxygen atoms in total. The Morgan fingerprint density at radius 1 is 1.38 bits per heavy atom. The fourth-order valence-corrected chi connectivity index (χ4v) is 2.84. The molecule has 1 heterocycles. The van der Waals surface area contributed by atoms with Crippen LogP contribution in [0.2, 0.25) is 0 Å². The summed E-state index contributed by atoms with van der Waals surface area (Å²) in [6, 6.07) is 7.51. The molecule has 1 aromatic rings. The molecule has 1 saturated heterocycles. The van der Waals surface area contributed by atoms with Gasteiger partial charge in [-0.1, -0.05) is 18.7 Å². The first-order valence-corrected chi connectivity index (χ1v) is 8.42. The Balaban J connectivity index is 2.00. The first kappa shape index (κ1) is 18.0. The van der Waals surface area contributed by atoms with E-state index in [0.717, 1.165) is 29.5 Å². The number of nitrogens with one attached hydrogen (secondary N) is 1. The van der Waals surface area contributed by atoms with Crippen LogP contribution in [0.25, 0.3) is 0 Å². The second kappa shape index (κ2) is 8.49. The van der Waals surface area contributed by atoms with Crippen LogP contribution in [0.1, 0.15) is 32.3 Å². The molecule has 0 aromatic heterocycles. The third-order valence-electron chi connectivity index (χ3n) is 3.17. The summed E-state index contributed by atoms with van der Waals surface area (Å²) in [4.78, 5) is 22.3. The lowest BCUT2D eigenvalue weighted by molar-refractivity contribution is -0.138. The van der Waals surface area contributed by atoms with Gasteiger partial charge in [0, 0.05) is 0 Å². The predicted molar refractivity (Wildman–Crippen MR) is 93.6 cm³/mol. The van der Waals surface area contributed by atoms with Gasteiger partial charge in [-0.15, -0.1) is 5.10 Å². The van der Waals surface area contributed by atoms with Gasteiger partial charge in [0.15, 0.2) is 5.17 Å². The van der Waals surface area contributed by atoms with Crippen molar-refractivity contribution in [3.8, 4) is 5.75 Å². The number of carbonyl (C=O) groups is 2. The molecule has 2 N–H and O–H groups in total. The number of hydrogen-bond acceptors (Lipinski definition) is 6. The van der Waals surface area contributed by atoms with Crippen LogP contribution < -0.4 is 10.1 Å². The van der Waals surface area contributed by atoms with Crippen LogP contribution in [0, 0.1) is 0 Å². The quantitative estimate of drug-likeness (QED) is 0.581. The highest BCUT2D eigenvalue weighted by molar-refractivity contribution is 8.15. The maximum Gasteiger partial charge on any atom is 0.305 e. The summed E-state index contributed by atoms with van der Waals surface area (Å²) in [5, 5.41) is 19.0. The lowest BCUT2D eigenvalue weighted by Gasteiger charge is -2.05. The molecule has 1 aliphatic heterocycles. The van der Waals surface area contributed by atoms with E-state index in [9.17, 15) is 9.59 Å². The number of hydrogen-bond donors (Lipinski definition) is 2. The van der Waals surface area contributed by atoms with Crippen molar-refractivity contribution in [1.29, 1.82) is 0 Å². The van der Waals surface area contributed by atoms with E-state index in [-0.39, 0.29) is 12.3 Å². The predicted octanol–water partition coefficient (Wildman–Crippen LogP) is 2.26. The van der Waals surface area contributed by atoms with Crippen molar-refractivity contribution in [1.82, 2.24) is 5.32 Å². The highest BCUT2D eigenvalue weighted by Gasteiger charge is 2.32. The van der Waals surface area contributed by atoms with E-state index in [1.54, 1.807) is 0 Å². The molecule has 128 valence electrons. The average molecular weight is 349 g/mol. The number of amidine groups is 1. The topological polar surface area (TPSA) is 100 Å². The van der Waals surface area contributed by atoms with Crippen molar-refractivity contribution in [2.24, 2.45) is 10.2 Å². The maximum absolute atomic E-state index is 11.6. The lowest BCUT2D eigenvalue weighted by atomic mass is 10.1. The van der Waals surface area contributed by atoms with Gasteiger partial charge in [-0.2, -0.15) is 5.10 Å². The Bertz CT molecular complexity index is 670. The van der Waals surface area contributed by atoms with E-state index in [0.29, 0.717) is 17.5 Å². The van der Waals surface area contributed by atoms with Crippen LogP contribution in [0.5, 0.6) is 5.75 Å². The van der Waals surface area contributed by atoms with Crippen molar-refractivity contribution >= 4 is 34.5 Å². The van der Waals surface area contributed by atoms with Crippen LogP contribution in [-0.4, -0.2) is 39.7 Å². The Labute approximate surface area is 144 Å². The largest absolute Gasteiger partial charge is 0.494 e. The first-order valence-electron chi connectivity index (χ1n) is 7.54. The van der Waals surface area contributed by atoms with E-state index in [2.05, 4.69) is 15.5 Å². The highest BCUT2D eigenvalue weighted by atomic mass is 32.2. The molecule has 1 fully saturated rings. The van der Waals surface area contributed by atoms with Crippen LogP contribution in [0.3, 0.4) is 0 Å². The molecule has 1 aliphatic rings. The second-order valence-electron chi connectivity index (χ2n) is 5.16. The summed E-state index contributed by atoms with van der Waals surface area (Å²) >= 11 is 1.08. The molecule has 0 saturated carbocycles. The monoisotopic (exact) mass is 349 g/mol. The molecule has 0 bridgehead atoms. The zero-order valence-electron chi connectivity index (χ0n) is 13.5. The van der Waals surface area contributed by atoms with Gasteiger partial charge in [0.05, 0.1) is 18.7 Å². The molecule has 1 unspecified atom stereocenters. The number of rotatable bonds is 7. The SMILES string of the molecule is CCCOc1ccc(/C(C)=N\N=C2/NC(=O)C(CC(=O)O)S2)cc1. The number of carbonyl (C=O) groups excluding carboxylic acids is 1. The minimum atomic E-state index is -1.02. The summed E-state index contributed by atoms with van der Waals surface area (Å²) in [5.41, 5.74) is 1.57. The van der Waals surface area contributed by atoms with Crippen molar-refractivity contribution < 1.29 is 19.4 Å². The molecule has 2 rings (SSSR count). The van der Waals surface area contributed by atoms with E-state index in [4.69, 9.17) is 9.84 Å². The molecule has 1 atom stereocenters. The lowest BCUT2D eigenvalue weighted by Crippen LogP contribution is -2.26. The number of nitrogens with zero attached hydrogens (tertiary/aromatic N) is 2. The summed E-state index contributed by atoms with van der Waals surface area (Å²) in [7, 11) is 0. The van der Waals surface area contributed by atoms with Crippen LogP contribution >= 0.6 is 11.8 Å². The number of amides is 1. The molecular formula is C16H19N3O4S. The number of benzene rings is 1. The van der Waals surface area contributed by atoms with Crippen LogP contribution in [0.4, 0.5) is 0 Å². The van der Waals surface area contributed by atoms with Crippen LogP contribution in [0.15, 0.2) is 34.5 Å². The molecule has 8 heteroatoms. The minimum Gasteiger partial charge on any atom is -0.494 e. The summed E-state index contributed by atoms with van der Waals surface area (Å²) in [5.74, 6) is -0.574. The summed E-state index contributed by atoms with van der Waals surface area (Å²) in [6.45, 7) is 4.53. The molecular weight excluding hydrogens is 330 g/mol. The highest BCUT2D eigenvalue weighted by Crippen LogP contribution is 2.22. The van der Waals surface area contributed by atoms with Gasteiger partial charge in [-0.25, -0.2) is 0 Å². The van der Waals surface area contributed by atoms with E-state index < -0.39 is 11.2 Å². The summed E-state index contributed by atoms with van der Waals surface area (Å²) < 4.78 is 5.52. The molecule has 0 spiro atoms. The van der Waals surface area contributed by atoms with Gasteiger partial charge in [0.2, 0.25) is 5.91 Å². The summed E-state index contributed by atoms with van der Waals surface area (Å²) in [6.07, 6.45) is 0.712. The average Bonchev–Trinajstić information content (AvgIpc) is 2.90. The number of carboxylic acid groups (broad SMARTS) is 1. The molecule has 1 amide bonds. The van der Waals surface area contributed by atoms with Crippen LogP contribution in [-0.2, 0) is 9.59 Å². The molecule has 1 aromatic carbocycles. The molecule has 0 aliphatic carbocycles. The van der Waals surface area contributed by atoms with Crippen molar-refractivity contribution in [3.05, 3.63) is 29.8 Å². The van der Waals surface area contributed by atoms with E-state index in [1.807, 2.05) is 38.1 Å². The number of thioether (sulfide) groups is 1. The van der Waals surface area contributed by atoms with Gasteiger partial charge in [0.1, 0.15) is 11.0 Å². The fourth-order valence-electron chi connectivity index (χ4n) is 1.94. The maximum atomic E-state index is 11.6. The van der Waals surface area contributed by atoms with Gasteiger partial charge < -0.3 is 15.2 Å². The third-order valence-corrected chi connectivity index (χ3v) is 4.24. The van der Waals surface area contributed by atoms with E-state index >= 15 is 0 Å². The Hall–Kier alpha value is -2.35. The number of ether oxygens (including phenoxy) is 1. The standard InChI is InChI=1S/C16H19N3O4S/c1-3-8-23-12-6-4-11(5-7-12)10(2)18-19-16-17-15(22)13(24-16)9-14(20)21/h4-7,13H,3,8-9H2,1-2H3,(H,20,21)(H,17,19,22)/b18-10-. The molecule has 24 heavy (non-hydrogen) atoms. The Morgan fingerprint density at radius 2 is 2.08 bits per heavy atom. The number of aliphatic carboxylic acids is 1. The molecule has 0 radical (unpaired) electrons. The normalized spacial score (nSPS) is 19.4. The fraction of sp³-hybridized carbons (Fsp3) is 0.375. The smallest absolute Gasteiger partial charge is 0.305 e. The zero-order chi connectivity index (χ0) is 17.5. The van der Waals surface area contributed by atoms with Gasteiger partial charge in [0.25, 0.3) is 0 Å². The Morgan fingerprint density at radius 3 is 2.71 bits per heavy atom. The minimum absolute atomic E-state index is 0.239. The van der Waals surface area contributed by atoms with Gasteiger partial charge in [-0.3, -0.25) is 9.59 Å². The zero-order valence-corrected chi connectivity index (χ0v) is 14.3. The second-order valence-corrected chi connectivity index (χ2v) is 6.35. The first-order chi connectivity index (χ1) is 11.5. The van der Waals surface area contributed by atoms with E-state index in [1.165, 1.54) is 0 Å². The van der Waals surface area contributed by atoms with Crippen molar-refractivity contribution in [2.75, 3.05) is 6.61 Å². The van der Waals surface area contributed by atoms with Crippen molar-refractivity contribution in [2.45, 2.75) is 31.9 Å². The van der Waals surface area contributed by atoms with Gasteiger partial charge in [-0.05, 0) is 43.2 Å². The van der Waals surface area contributed by atoms with Gasteiger partial charge >= 0.3 is 5.97 Å². The Kier molecular flexibility index (Phi) is 6.36. The third kappa shape index (κ3) is 5.09.